The summed E-state index contributed by atoms with van der Waals surface area (Å²) in [5.74, 6) is -3.05. The van der Waals surface area contributed by atoms with Gasteiger partial charge in [-0.2, -0.15) is 0 Å². The standard InChI is InChI=1S/C15H15NO5/c17-13-6-10(9-4-2-1-3-5-9)14(18)16(13)12-8-21-7-11(12)15(19)20/h1-5,10-12H,6-8H2,(H,19,20). The molecule has 0 bridgehead atoms. The van der Waals surface area contributed by atoms with Crippen LogP contribution in [0.1, 0.15) is 17.9 Å². The smallest absolute Gasteiger partial charge is 0.311 e. The Morgan fingerprint density at radius 2 is 1.90 bits per heavy atom. The molecule has 6 nitrogen and oxygen atoms in total. The molecule has 0 spiro atoms. The van der Waals surface area contributed by atoms with Gasteiger partial charge in [0.25, 0.3) is 0 Å². The fourth-order valence-electron chi connectivity index (χ4n) is 2.98. The van der Waals surface area contributed by atoms with Crippen LogP contribution in [0.4, 0.5) is 0 Å². The van der Waals surface area contributed by atoms with Crippen molar-refractivity contribution >= 4 is 17.8 Å². The second kappa shape index (κ2) is 5.29. The van der Waals surface area contributed by atoms with E-state index >= 15 is 0 Å². The van der Waals surface area contributed by atoms with Crippen LogP contribution < -0.4 is 0 Å². The molecule has 0 aromatic heterocycles. The Balaban J connectivity index is 1.86. The van der Waals surface area contributed by atoms with E-state index in [0.717, 1.165) is 10.5 Å². The normalized spacial score (nSPS) is 29.1. The molecule has 0 radical (unpaired) electrons. The van der Waals surface area contributed by atoms with E-state index < -0.39 is 23.8 Å². The predicted octanol–water partition coefficient (Wildman–Crippen LogP) is 0.629. The highest BCUT2D eigenvalue weighted by Gasteiger charge is 2.48. The van der Waals surface area contributed by atoms with Gasteiger partial charge < -0.3 is 9.84 Å². The number of hydrogen-bond acceptors (Lipinski definition) is 4. The number of hydrogen-bond donors (Lipinski definition) is 1. The van der Waals surface area contributed by atoms with Crippen molar-refractivity contribution in [2.24, 2.45) is 5.92 Å². The van der Waals surface area contributed by atoms with Crippen molar-refractivity contribution in [3.05, 3.63) is 35.9 Å². The molecule has 21 heavy (non-hydrogen) atoms. The molecule has 0 aliphatic carbocycles. The lowest BCUT2D eigenvalue weighted by atomic mass is 9.97. The second-order valence-electron chi connectivity index (χ2n) is 5.32. The molecule has 1 aromatic rings. The fraction of sp³-hybridized carbons (Fsp3) is 0.400. The lowest BCUT2D eigenvalue weighted by molar-refractivity contribution is -0.147. The highest BCUT2D eigenvalue weighted by molar-refractivity contribution is 6.06. The monoisotopic (exact) mass is 289 g/mol. The summed E-state index contributed by atoms with van der Waals surface area (Å²) in [6, 6.07) is 8.38. The number of carbonyl (C=O) groups is 3. The maximum absolute atomic E-state index is 12.5. The molecule has 1 aromatic carbocycles. The molecular weight excluding hydrogens is 274 g/mol. The van der Waals surface area contributed by atoms with E-state index in [9.17, 15) is 19.5 Å². The van der Waals surface area contributed by atoms with E-state index in [2.05, 4.69) is 0 Å². The molecule has 110 valence electrons. The van der Waals surface area contributed by atoms with Crippen molar-refractivity contribution in [3.8, 4) is 0 Å². The van der Waals surface area contributed by atoms with Crippen LogP contribution in [0.25, 0.3) is 0 Å². The maximum Gasteiger partial charge on any atom is 0.311 e. The first-order valence-corrected chi connectivity index (χ1v) is 6.81. The summed E-state index contributed by atoms with van der Waals surface area (Å²) in [5, 5.41) is 9.17. The molecule has 2 aliphatic rings. The van der Waals surface area contributed by atoms with Gasteiger partial charge in [0.2, 0.25) is 11.8 Å². The zero-order chi connectivity index (χ0) is 15.0. The van der Waals surface area contributed by atoms with Crippen molar-refractivity contribution in [2.75, 3.05) is 13.2 Å². The van der Waals surface area contributed by atoms with Gasteiger partial charge in [0.05, 0.1) is 25.2 Å². The number of nitrogens with zero attached hydrogens (tertiary/aromatic N) is 1. The van der Waals surface area contributed by atoms with Crippen molar-refractivity contribution < 1.29 is 24.2 Å². The van der Waals surface area contributed by atoms with Crippen molar-refractivity contribution in [2.45, 2.75) is 18.4 Å². The summed E-state index contributed by atoms with van der Waals surface area (Å²) in [5.41, 5.74) is 0.782. The third-order valence-corrected chi connectivity index (χ3v) is 4.08. The van der Waals surface area contributed by atoms with Crippen LogP contribution in [-0.4, -0.2) is 47.0 Å². The van der Waals surface area contributed by atoms with Gasteiger partial charge in [-0.1, -0.05) is 30.3 Å². The van der Waals surface area contributed by atoms with Crippen molar-refractivity contribution in [1.29, 1.82) is 0 Å². The van der Waals surface area contributed by atoms with E-state index in [-0.39, 0.29) is 31.4 Å². The number of carbonyl (C=O) groups excluding carboxylic acids is 2. The molecule has 2 heterocycles. The minimum atomic E-state index is -1.04. The Morgan fingerprint density at radius 3 is 2.57 bits per heavy atom. The highest BCUT2D eigenvalue weighted by atomic mass is 16.5. The SMILES string of the molecule is O=C(O)C1COCC1N1C(=O)CC(c2ccccc2)C1=O. The number of imide groups is 1. The summed E-state index contributed by atoms with van der Waals surface area (Å²) < 4.78 is 5.15. The Morgan fingerprint density at radius 1 is 1.19 bits per heavy atom. The summed E-state index contributed by atoms with van der Waals surface area (Å²) >= 11 is 0. The molecule has 2 aliphatic heterocycles. The molecule has 2 fully saturated rings. The Labute approximate surface area is 121 Å². The van der Waals surface area contributed by atoms with Gasteiger partial charge in [-0.3, -0.25) is 19.3 Å². The number of carboxylic acid groups (broad SMARTS) is 1. The number of aliphatic carboxylic acids is 1. The number of likely N-dealkylation sites (tertiary alicyclic amines) is 1. The van der Waals surface area contributed by atoms with Crippen LogP contribution in [0.3, 0.4) is 0 Å². The number of amides is 2. The second-order valence-corrected chi connectivity index (χ2v) is 5.32. The van der Waals surface area contributed by atoms with Gasteiger partial charge in [-0.25, -0.2) is 0 Å². The highest BCUT2D eigenvalue weighted by Crippen LogP contribution is 2.34. The van der Waals surface area contributed by atoms with Crippen molar-refractivity contribution in [3.63, 3.8) is 0 Å². The van der Waals surface area contributed by atoms with Gasteiger partial charge in [0.15, 0.2) is 0 Å². The number of rotatable bonds is 3. The van der Waals surface area contributed by atoms with Crippen LogP contribution in [0, 0.1) is 5.92 Å². The van der Waals surface area contributed by atoms with Crippen LogP contribution >= 0.6 is 0 Å². The topological polar surface area (TPSA) is 83.9 Å². The molecule has 2 amide bonds. The summed E-state index contributed by atoms with van der Waals surface area (Å²) in [4.78, 5) is 37.0. The zero-order valence-corrected chi connectivity index (χ0v) is 11.3. The number of ether oxygens (including phenoxy) is 1. The van der Waals surface area contributed by atoms with Crippen LogP contribution in [0.5, 0.6) is 0 Å². The van der Waals surface area contributed by atoms with Crippen LogP contribution in [-0.2, 0) is 19.1 Å². The first-order chi connectivity index (χ1) is 10.1. The largest absolute Gasteiger partial charge is 0.481 e. The van der Waals surface area contributed by atoms with E-state index in [1.165, 1.54) is 0 Å². The maximum atomic E-state index is 12.5. The molecular formula is C15H15NO5. The Hall–Kier alpha value is -2.21. The Kier molecular flexibility index (Phi) is 3.47. The fourth-order valence-corrected chi connectivity index (χ4v) is 2.98. The summed E-state index contributed by atoms with van der Waals surface area (Å²) in [6.45, 7) is 0.128. The van der Waals surface area contributed by atoms with Crippen LogP contribution in [0.2, 0.25) is 0 Å². The van der Waals surface area contributed by atoms with E-state index in [1.54, 1.807) is 12.1 Å². The minimum absolute atomic E-state index is 0.0348. The lowest BCUT2D eigenvalue weighted by Gasteiger charge is -2.24. The lowest BCUT2D eigenvalue weighted by Crippen LogP contribution is -2.46. The Bertz CT molecular complexity index is 585. The average molecular weight is 289 g/mol. The number of carboxylic acids is 1. The third-order valence-electron chi connectivity index (χ3n) is 4.08. The molecule has 6 heteroatoms. The van der Waals surface area contributed by atoms with E-state index in [0.29, 0.717) is 0 Å². The summed E-state index contributed by atoms with van der Waals surface area (Å²) in [7, 11) is 0. The molecule has 3 rings (SSSR count). The van der Waals surface area contributed by atoms with Gasteiger partial charge in [-0.05, 0) is 5.56 Å². The average Bonchev–Trinajstić information content (AvgIpc) is 3.04. The van der Waals surface area contributed by atoms with Gasteiger partial charge in [-0.15, -0.1) is 0 Å². The molecule has 3 unspecified atom stereocenters. The van der Waals surface area contributed by atoms with Gasteiger partial charge >= 0.3 is 5.97 Å². The van der Waals surface area contributed by atoms with Crippen molar-refractivity contribution in [1.82, 2.24) is 4.90 Å². The third kappa shape index (κ3) is 2.31. The molecule has 1 N–H and O–H groups in total. The van der Waals surface area contributed by atoms with Gasteiger partial charge in [0.1, 0.15) is 5.92 Å². The first kappa shape index (κ1) is 13.8. The number of benzene rings is 1. The van der Waals surface area contributed by atoms with E-state index in [4.69, 9.17) is 4.74 Å². The summed E-state index contributed by atoms with van der Waals surface area (Å²) in [6.07, 6.45) is 0.0890. The molecule has 3 atom stereocenters. The van der Waals surface area contributed by atoms with E-state index in [1.807, 2.05) is 18.2 Å². The zero-order valence-electron chi connectivity index (χ0n) is 11.3. The quantitative estimate of drug-likeness (QED) is 0.825. The molecule has 0 saturated carbocycles. The molecule has 2 saturated heterocycles. The van der Waals surface area contributed by atoms with Crippen LogP contribution in [0.15, 0.2) is 30.3 Å². The minimum Gasteiger partial charge on any atom is -0.481 e. The predicted molar refractivity (Wildman–Crippen MR) is 71.4 cm³/mol. The first-order valence-electron chi connectivity index (χ1n) is 6.81. The van der Waals surface area contributed by atoms with Gasteiger partial charge in [0, 0.05) is 6.42 Å².